The number of carboxylic acids is 1. The minimum atomic E-state index is -0.951. The Kier molecular flexibility index (Phi) is 4.87. The van der Waals surface area contributed by atoms with Crippen molar-refractivity contribution in [3.8, 4) is 0 Å². The molecular weight excluding hydrogens is 210 g/mol. The first-order valence-corrected chi connectivity index (χ1v) is 5.13. The molecule has 16 heavy (non-hydrogen) atoms. The normalized spacial score (nSPS) is 12.6. The van der Waals surface area contributed by atoms with Crippen LogP contribution in [0, 0.1) is 0 Å². The van der Waals surface area contributed by atoms with Gasteiger partial charge in [-0.05, 0) is 19.4 Å². The third-order valence-corrected chi connectivity index (χ3v) is 2.27. The predicted octanol–water partition coefficient (Wildman–Crippen LogP) is -0.903. The lowest BCUT2D eigenvalue weighted by atomic mass is 10.2. The quantitative estimate of drug-likeness (QED) is 0.521. The number of nitrogens with two attached hydrogens (primary N) is 1. The first-order valence-electron chi connectivity index (χ1n) is 5.13. The van der Waals surface area contributed by atoms with Gasteiger partial charge in [0.1, 0.15) is 18.2 Å². The van der Waals surface area contributed by atoms with E-state index in [0.29, 0.717) is 19.5 Å². The minimum Gasteiger partial charge on any atom is -0.480 e. The third kappa shape index (κ3) is 3.95. The lowest BCUT2D eigenvalue weighted by molar-refractivity contribution is -0.138. The van der Waals surface area contributed by atoms with Crippen LogP contribution in [-0.4, -0.2) is 38.4 Å². The van der Waals surface area contributed by atoms with Gasteiger partial charge in [0.15, 0.2) is 0 Å². The maximum absolute atomic E-state index is 10.4. The molecule has 7 heteroatoms. The summed E-state index contributed by atoms with van der Waals surface area (Å²) in [5.74, 6) is -0.101. The van der Waals surface area contributed by atoms with Crippen molar-refractivity contribution in [2.45, 2.75) is 25.4 Å². The number of aryl methyl sites for hydroxylation is 1. The zero-order valence-electron chi connectivity index (χ0n) is 9.26. The summed E-state index contributed by atoms with van der Waals surface area (Å²) < 4.78 is 1.83. The Balaban J connectivity index is 2.09. The molecule has 0 aliphatic heterocycles. The molecule has 90 valence electrons. The number of carbonyl (C=O) groups is 1. The fraction of sp³-hybridized carbons (Fsp3) is 0.667. The molecule has 4 N–H and O–H groups in total. The highest BCUT2D eigenvalue weighted by atomic mass is 16.4. The Morgan fingerprint density at radius 1 is 1.75 bits per heavy atom. The molecule has 0 amide bonds. The first kappa shape index (κ1) is 12.6. The molecule has 0 aliphatic carbocycles. The van der Waals surface area contributed by atoms with Crippen molar-refractivity contribution >= 4 is 5.97 Å². The molecular formula is C9H17N5O2. The fourth-order valence-corrected chi connectivity index (χ4v) is 1.24. The van der Waals surface area contributed by atoms with E-state index in [1.54, 1.807) is 6.33 Å². The molecule has 0 saturated carbocycles. The lowest BCUT2D eigenvalue weighted by Gasteiger charge is -2.06. The maximum Gasteiger partial charge on any atom is 0.320 e. The second-order valence-electron chi connectivity index (χ2n) is 3.62. The van der Waals surface area contributed by atoms with Crippen LogP contribution in [0.3, 0.4) is 0 Å². The van der Waals surface area contributed by atoms with Crippen molar-refractivity contribution < 1.29 is 9.90 Å². The molecule has 1 rings (SSSR count). The van der Waals surface area contributed by atoms with Crippen molar-refractivity contribution in [2.75, 3.05) is 6.54 Å². The minimum absolute atomic E-state index is 0.473. The van der Waals surface area contributed by atoms with Gasteiger partial charge >= 0.3 is 5.97 Å². The van der Waals surface area contributed by atoms with Crippen LogP contribution in [0.1, 0.15) is 18.7 Å². The average Bonchev–Trinajstić information content (AvgIpc) is 2.63. The molecule has 1 heterocycles. The summed E-state index contributed by atoms with van der Waals surface area (Å²) in [4.78, 5) is 10.4. The molecule has 0 fully saturated rings. The molecule has 0 aromatic carbocycles. The Morgan fingerprint density at radius 2 is 2.50 bits per heavy atom. The number of nitrogens with one attached hydrogen (secondary N) is 1. The standard InChI is InChI=1S/C9H17N5O2/c1-14-6-12-13-8(14)5-11-4-2-3-7(10)9(15)16/h6-7,11H,2-5,10H2,1H3,(H,15,16)/t7-/m0/s1. The summed E-state index contributed by atoms with van der Waals surface area (Å²) in [6.07, 6.45) is 2.84. The molecule has 0 saturated heterocycles. The van der Waals surface area contributed by atoms with E-state index in [-0.39, 0.29) is 0 Å². The molecule has 7 nitrogen and oxygen atoms in total. The summed E-state index contributed by atoms with van der Waals surface area (Å²) in [6, 6.07) is -0.767. The number of rotatable bonds is 7. The van der Waals surface area contributed by atoms with Crippen LogP contribution in [0.25, 0.3) is 0 Å². The van der Waals surface area contributed by atoms with Crippen molar-refractivity contribution in [2.24, 2.45) is 12.8 Å². The Bertz CT molecular complexity index is 338. The van der Waals surface area contributed by atoms with Gasteiger partial charge in [-0.1, -0.05) is 0 Å². The first-order chi connectivity index (χ1) is 7.61. The van der Waals surface area contributed by atoms with Crippen molar-refractivity contribution in [1.82, 2.24) is 20.1 Å². The summed E-state index contributed by atoms with van der Waals surface area (Å²) >= 11 is 0. The zero-order chi connectivity index (χ0) is 12.0. The van der Waals surface area contributed by atoms with Gasteiger partial charge in [0.2, 0.25) is 0 Å². The molecule has 0 aliphatic rings. The number of carboxylic acid groups (broad SMARTS) is 1. The number of hydrogen-bond acceptors (Lipinski definition) is 5. The van der Waals surface area contributed by atoms with Crippen LogP contribution in [0.5, 0.6) is 0 Å². The third-order valence-electron chi connectivity index (χ3n) is 2.27. The molecule has 0 spiro atoms. The van der Waals surface area contributed by atoms with E-state index >= 15 is 0 Å². The van der Waals surface area contributed by atoms with Crippen LogP contribution >= 0.6 is 0 Å². The summed E-state index contributed by atoms with van der Waals surface area (Å²) in [5.41, 5.74) is 5.36. The Labute approximate surface area is 93.7 Å². The highest BCUT2D eigenvalue weighted by Gasteiger charge is 2.09. The zero-order valence-corrected chi connectivity index (χ0v) is 9.26. The van der Waals surface area contributed by atoms with Gasteiger partial charge in [-0.25, -0.2) is 0 Å². The van der Waals surface area contributed by atoms with Crippen LogP contribution in [0.15, 0.2) is 6.33 Å². The molecule has 1 aromatic rings. The smallest absolute Gasteiger partial charge is 0.320 e. The topological polar surface area (TPSA) is 106 Å². The van der Waals surface area contributed by atoms with Crippen LogP contribution in [0.2, 0.25) is 0 Å². The maximum atomic E-state index is 10.4. The Morgan fingerprint density at radius 3 is 3.06 bits per heavy atom. The largest absolute Gasteiger partial charge is 0.480 e. The van der Waals surface area contributed by atoms with E-state index in [9.17, 15) is 4.79 Å². The van der Waals surface area contributed by atoms with Crippen LogP contribution in [0.4, 0.5) is 0 Å². The highest BCUT2D eigenvalue weighted by molar-refractivity contribution is 5.72. The van der Waals surface area contributed by atoms with Gasteiger partial charge in [0, 0.05) is 7.05 Å². The molecule has 0 unspecified atom stereocenters. The molecule has 1 aromatic heterocycles. The van der Waals surface area contributed by atoms with E-state index in [1.807, 2.05) is 11.6 Å². The van der Waals surface area contributed by atoms with Crippen LogP contribution < -0.4 is 11.1 Å². The van der Waals surface area contributed by atoms with E-state index in [0.717, 1.165) is 12.2 Å². The Hall–Kier alpha value is -1.47. The number of aliphatic carboxylic acids is 1. The number of hydrogen-bond donors (Lipinski definition) is 3. The highest BCUT2D eigenvalue weighted by Crippen LogP contribution is 1.94. The molecule has 1 atom stereocenters. The second kappa shape index (κ2) is 6.19. The van der Waals surface area contributed by atoms with Gasteiger partial charge in [-0.2, -0.15) is 0 Å². The van der Waals surface area contributed by atoms with Gasteiger partial charge in [0.25, 0.3) is 0 Å². The SMILES string of the molecule is Cn1cnnc1CNCCC[C@H](N)C(=O)O. The van der Waals surface area contributed by atoms with E-state index < -0.39 is 12.0 Å². The average molecular weight is 227 g/mol. The van der Waals surface area contributed by atoms with Crippen LogP contribution in [-0.2, 0) is 18.4 Å². The summed E-state index contributed by atoms with van der Waals surface area (Å²) in [7, 11) is 1.87. The van der Waals surface area contributed by atoms with Gasteiger partial charge in [-0.3, -0.25) is 4.79 Å². The number of nitrogens with zero attached hydrogens (tertiary/aromatic N) is 3. The molecule has 0 radical (unpaired) electrons. The number of aromatic nitrogens is 3. The van der Waals surface area contributed by atoms with Crippen molar-refractivity contribution in [1.29, 1.82) is 0 Å². The summed E-state index contributed by atoms with van der Waals surface area (Å²) in [6.45, 7) is 1.34. The van der Waals surface area contributed by atoms with Crippen molar-refractivity contribution in [3.05, 3.63) is 12.2 Å². The van der Waals surface area contributed by atoms with E-state index in [1.165, 1.54) is 0 Å². The fourth-order valence-electron chi connectivity index (χ4n) is 1.24. The predicted molar refractivity (Wildman–Crippen MR) is 57.6 cm³/mol. The van der Waals surface area contributed by atoms with Gasteiger partial charge in [0.05, 0.1) is 6.54 Å². The van der Waals surface area contributed by atoms with Gasteiger partial charge in [-0.15, -0.1) is 10.2 Å². The lowest BCUT2D eigenvalue weighted by Crippen LogP contribution is -2.31. The van der Waals surface area contributed by atoms with E-state index in [2.05, 4.69) is 15.5 Å². The van der Waals surface area contributed by atoms with Crippen molar-refractivity contribution in [3.63, 3.8) is 0 Å². The summed E-state index contributed by atoms with van der Waals surface area (Å²) in [5, 5.41) is 19.4. The molecule has 0 bridgehead atoms. The van der Waals surface area contributed by atoms with Gasteiger partial charge < -0.3 is 20.7 Å². The van der Waals surface area contributed by atoms with E-state index in [4.69, 9.17) is 10.8 Å². The monoisotopic (exact) mass is 227 g/mol. The second-order valence-corrected chi connectivity index (χ2v) is 3.62.